The van der Waals surface area contributed by atoms with Crippen LogP contribution in [0.15, 0.2) is 18.2 Å². The van der Waals surface area contributed by atoms with E-state index >= 15 is 0 Å². The maximum absolute atomic E-state index is 13.0. The molecule has 1 heterocycles. The van der Waals surface area contributed by atoms with Crippen LogP contribution < -0.4 is 10.6 Å². The highest BCUT2D eigenvalue weighted by Crippen LogP contribution is 2.11. The van der Waals surface area contributed by atoms with Crippen molar-refractivity contribution in [2.75, 3.05) is 19.6 Å². The third kappa shape index (κ3) is 4.03. The Labute approximate surface area is 113 Å². The first-order chi connectivity index (χ1) is 9.16. The number of aryl methyl sites for hydroxylation is 1. The smallest absolute Gasteiger partial charge is 0.224 e. The second kappa shape index (κ2) is 6.66. The van der Waals surface area contributed by atoms with Gasteiger partial charge in [-0.1, -0.05) is 6.07 Å². The van der Waals surface area contributed by atoms with Gasteiger partial charge < -0.3 is 10.6 Å². The molecule has 1 fully saturated rings. The molecule has 1 aliphatic heterocycles. The molecule has 1 aliphatic rings. The maximum atomic E-state index is 13.0. The standard InChI is InChI=1S/C15H21FN2O/c1-11-9-14(16)5-4-12(11)6-8-18-15(19)13-3-2-7-17-10-13/h4-5,9,13,17H,2-3,6-8,10H2,1H3,(H,18,19). The molecule has 0 saturated carbocycles. The fraction of sp³-hybridized carbons (Fsp3) is 0.533. The van der Waals surface area contributed by atoms with Crippen LogP contribution in [-0.2, 0) is 11.2 Å². The zero-order chi connectivity index (χ0) is 13.7. The van der Waals surface area contributed by atoms with E-state index < -0.39 is 0 Å². The monoisotopic (exact) mass is 264 g/mol. The van der Waals surface area contributed by atoms with Crippen molar-refractivity contribution >= 4 is 5.91 Å². The third-order valence-corrected chi connectivity index (χ3v) is 3.67. The lowest BCUT2D eigenvalue weighted by Gasteiger charge is -2.21. The molecule has 19 heavy (non-hydrogen) atoms. The van der Waals surface area contributed by atoms with E-state index in [1.54, 1.807) is 6.07 Å². The fourth-order valence-corrected chi connectivity index (χ4v) is 2.48. The fourth-order valence-electron chi connectivity index (χ4n) is 2.48. The number of rotatable bonds is 4. The molecule has 1 aromatic rings. The van der Waals surface area contributed by atoms with Crippen LogP contribution in [0, 0.1) is 18.7 Å². The lowest BCUT2D eigenvalue weighted by molar-refractivity contribution is -0.125. The minimum absolute atomic E-state index is 0.100. The van der Waals surface area contributed by atoms with Crippen LogP contribution in [0.3, 0.4) is 0 Å². The largest absolute Gasteiger partial charge is 0.355 e. The van der Waals surface area contributed by atoms with Gasteiger partial charge in [0.2, 0.25) is 5.91 Å². The average Bonchev–Trinajstić information content (AvgIpc) is 2.42. The summed E-state index contributed by atoms with van der Waals surface area (Å²) in [4.78, 5) is 11.9. The Morgan fingerprint density at radius 1 is 1.53 bits per heavy atom. The molecular weight excluding hydrogens is 243 g/mol. The van der Waals surface area contributed by atoms with E-state index in [9.17, 15) is 9.18 Å². The van der Waals surface area contributed by atoms with Gasteiger partial charge in [-0.25, -0.2) is 4.39 Å². The molecule has 1 amide bonds. The van der Waals surface area contributed by atoms with Gasteiger partial charge in [-0.15, -0.1) is 0 Å². The zero-order valence-electron chi connectivity index (χ0n) is 11.3. The summed E-state index contributed by atoms with van der Waals surface area (Å²) >= 11 is 0. The van der Waals surface area contributed by atoms with Crippen LogP contribution in [0.25, 0.3) is 0 Å². The molecule has 1 atom stereocenters. The van der Waals surface area contributed by atoms with Crippen LogP contribution in [-0.4, -0.2) is 25.5 Å². The van der Waals surface area contributed by atoms with E-state index in [0.717, 1.165) is 43.5 Å². The van der Waals surface area contributed by atoms with Gasteiger partial charge >= 0.3 is 0 Å². The number of hydrogen-bond acceptors (Lipinski definition) is 2. The molecule has 0 radical (unpaired) electrons. The first kappa shape index (κ1) is 14.0. The second-order valence-electron chi connectivity index (χ2n) is 5.16. The van der Waals surface area contributed by atoms with Crippen LogP contribution in [0.1, 0.15) is 24.0 Å². The second-order valence-corrected chi connectivity index (χ2v) is 5.16. The number of piperidine rings is 1. The molecule has 0 spiro atoms. The third-order valence-electron chi connectivity index (χ3n) is 3.67. The van der Waals surface area contributed by atoms with Gasteiger partial charge in [-0.3, -0.25) is 4.79 Å². The Morgan fingerprint density at radius 3 is 3.05 bits per heavy atom. The molecule has 104 valence electrons. The van der Waals surface area contributed by atoms with Gasteiger partial charge in [-0.2, -0.15) is 0 Å². The van der Waals surface area contributed by atoms with Crippen molar-refractivity contribution in [2.45, 2.75) is 26.2 Å². The van der Waals surface area contributed by atoms with Crippen LogP contribution in [0.2, 0.25) is 0 Å². The minimum Gasteiger partial charge on any atom is -0.355 e. The summed E-state index contributed by atoms with van der Waals surface area (Å²) in [6.07, 6.45) is 2.78. The molecule has 2 N–H and O–H groups in total. The quantitative estimate of drug-likeness (QED) is 0.870. The van der Waals surface area contributed by atoms with Crippen molar-refractivity contribution in [3.05, 3.63) is 35.1 Å². The molecule has 0 bridgehead atoms. The summed E-state index contributed by atoms with van der Waals surface area (Å²) in [5, 5.41) is 6.21. The maximum Gasteiger partial charge on any atom is 0.224 e. The van der Waals surface area contributed by atoms with Crippen LogP contribution in [0.5, 0.6) is 0 Å². The first-order valence-corrected chi connectivity index (χ1v) is 6.90. The van der Waals surface area contributed by atoms with E-state index in [1.807, 2.05) is 6.92 Å². The number of amides is 1. The van der Waals surface area contributed by atoms with Gasteiger partial charge in [0.15, 0.2) is 0 Å². The Bertz CT molecular complexity index is 442. The van der Waals surface area contributed by atoms with Crippen molar-refractivity contribution in [3.63, 3.8) is 0 Å². The average molecular weight is 264 g/mol. The molecule has 3 nitrogen and oxygen atoms in total. The van der Waals surface area contributed by atoms with Crippen molar-refractivity contribution in [1.29, 1.82) is 0 Å². The highest BCUT2D eigenvalue weighted by molar-refractivity contribution is 5.78. The molecule has 0 aliphatic carbocycles. The number of benzene rings is 1. The van der Waals surface area contributed by atoms with E-state index in [1.165, 1.54) is 12.1 Å². The van der Waals surface area contributed by atoms with E-state index in [-0.39, 0.29) is 17.6 Å². The van der Waals surface area contributed by atoms with Gasteiger partial charge in [0, 0.05) is 13.1 Å². The van der Waals surface area contributed by atoms with Gasteiger partial charge in [0.25, 0.3) is 0 Å². The van der Waals surface area contributed by atoms with Crippen molar-refractivity contribution in [2.24, 2.45) is 5.92 Å². The molecule has 4 heteroatoms. The lowest BCUT2D eigenvalue weighted by Crippen LogP contribution is -2.41. The predicted molar refractivity (Wildman–Crippen MR) is 73.4 cm³/mol. The molecule has 1 unspecified atom stereocenters. The Morgan fingerprint density at radius 2 is 2.37 bits per heavy atom. The van der Waals surface area contributed by atoms with Gasteiger partial charge in [-0.05, 0) is 56.0 Å². The van der Waals surface area contributed by atoms with E-state index in [0.29, 0.717) is 6.54 Å². The molecular formula is C15H21FN2O. The zero-order valence-corrected chi connectivity index (χ0v) is 11.3. The first-order valence-electron chi connectivity index (χ1n) is 6.90. The summed E-state index contributed by atoms with van der Waals surface area (Å²) in [5.74, 6) is 0.0218. The van der Waals surface area contributed by atoms with Crippen LogP contribution in [0.4, 0.5) is 4.39 Å². The number of carbonyl (C=O) groups is 1. The van der Waals surface area contributed by atoms with E-state index in [2.05, 4.69) is 10.6 Å². The Balaban J connectivity index is 1.78. The highest BCUT2D eigenvalue weighted by Gasteiger charge is 2.20. The van der Waals surface area contributed by atoms with Crippen LogP contribution >= 0.6 is 0 Å². The van der Waals surface area contributed by atoms with E-state index in [4.69, 9.17) is 0 Å². The topological polar surface area (TPSA) is 41.1 Å². The molecule has 0 aromatic heterocycles. The molecule has 1 aromatic carbocycles. The number of carbonyl (C=O) groups excluding carboxylic acids is 1. The summed E-state index contributed by atoms with van der Waals surface area (Å²) in [5.41, 5.74) is 2.03. The Kier molecular flexibility index (Phi) is 4.91. The highest BCUT2D eigenvalue weighted by atomic mass is 19.1. The number of hydrogen-bond donors (Lipinski definition) is 2. The van der Waals surface area contributed by atoms with Gasteiger partial charge in [0.05, 0.1) is 5.92 Å². The molecule has 2 rings (SSSR count). The van der Waals surface area contributed by atoms with Crippen molar-refractivity contribution in [3.8, 4) is 0 Å². The Hall–Kier alpha value is -1.42. The summed E-state index contributed by atoms with van der Waals surface area (Å²) in [6, 6.07) is 4.79. The SMILES string of the molecule is Cc1cc(F)ccc1CCNC(=O)C1CCCNC1. The number of nitrogens with one attached hydrogen (secondary N) is 2. The number of halogens is 1. The minimum atomic E-state index is -0.210. The van der Waals surface area contributed by atoms with Crippen molar-refractivity contribution < 1.29 is 9.18 Å². The summed E-state index contributed by atoms with van der Waals surface area (Å²) < 4.78 is 13.0. The summed E-state index contributed by atoms with van der Waals surface area (Å²) in [7, 11) is 0. The normalized spacial score (nSPS) is 19.2. The van der Waals surface area contributed by atoms with Gasteiger partial charge in [0.1, 0.15) is 5.82 Å². The predicted octanol–water partition coefficient (Wildman–Crippen LogP) is 1.79. The van der Waals surface area contributed by atoms with Crippen molar-refractivity contribution in [1.82, 2.24) is 10.6 Å². The molecule has 1 saturated heterocycles. The lowest BCUT2D eigenvalue weighted by atomic mass is 9.98. The summed E-state index contributed by atoms with van der Waals surface area (Å²) in [6.45, 7) is 4.30.